The van der Waals surface area contributed by atoms with Crippen molar-refractivity contribution in [1.29, 1.82) is 0 Å². The normalized spacial score (nSPS) is 13.3. The van der Waals surface area contributed by atoms with Crippen molar-refractivity contribution in [3.63, 3.8) is 0 Å². The van der Waals surface area contributed by atoms with Gasteiger partial charge >= 0.3 is 0 Å². The number of hydrogen-bond acceptors (Lipinski definition) is 1. The third-order valence-electron chi connectivity index (χ3n) is 3.46. The second-order valence-electron chi connectivity index (χ2n) is 4.66. The fourth-order valence-corrected chi connectivity index (χ4v) is 2.65. The highest BCUT2D eigenvalue weighted by Crippen LogP contribution is 2.39. The lowest BCUT2D eigenvalue weighted by molar-refractivity contribution is 0.358. The van der Waals surface area contributed by atoms with Crippen LogP contribution in [0.2, 0.25) is 0 Å². The number of rotatable bonds is 1. The van der Waals surface area contributed by atoms with Gasteiger partial charge in [-0.2, -0.15) is 0 Å². The summed E-state index contributed by atoms with van der Waals surface area (Å²) in [5.41, 5.74) is 6.54. The third-order valence-corrected chi connectivity index (χ3v) is 3.46. The van der Waals surface area contributed by atoms with Gasteiger partial charge in [0.05, 0.1) is 6.61 Å². The van der Waals surface area contributed by atoms with Crippen LogP contribution in [-0.2, 0) is 6.42 Å². The van der Waals surface area contributed by atoms with E-state index in [1.807, 2.05) is 0 Å². The van der Waals surface area contributed by atoms with Crippen LogP contribution in [0.3, 0.4) is 0 Å². The molecule has 0 saturated heterocycles. The number of hydrogen-bond donors (Lipinski definition) is 0. The summed E-state index contributed by atoms with van der Waals surface area (Å²) in [6.45, 7) is 5.14. The van der Waals surface area contributed by atoms with Crippen LogP contribution in [-0.4, -0.2) is 6.61 Å². The van der Waals surface area contributed by atoms with Gasteiger partial charge in [0, 0.05) is 12.0 Å². The minimum Gasteiger partial charge on any atom is -0.492 e. The molecule has 1 aliphatic heterocycles. The van der Waals surface area contributed by atoms with Crippen molar-refractivity contribution in [2.75, 3.05) is 6.61 Å². The van der Waals surface area contributed by atoms with Crippen LogP contribution < -0.4 is 4.74 Å². The highest BCUT2D eigenvalue weighted by Gasteiger charge is 2.18. The van der Waals surface area contributed by atoms with Gasteiger partial charge in [-0.05, 0) is 36.1 Å². The summed E-state index contributed by atoms with van der Waals surface area (Å²) < 4.78 is 5.79. The van der Waals surface area contributed by atoms with Gasteiger partial charge in [0.1, 0.15) is 5.75 Å². The Morgan fingerprint density at radius 1 is 0.941 bits per heavy atom. The third kappa shape index (κ3) is 1.62. The lowest BCUT2D eigenvalue weighted by atomic mass is 9.94. The predicted octanol–water partition coefficient (Wildman–Crippen LogP) is 3.91. The highest BCUT2D eigenvalue weighted by molar-refractivity contribution is 5.77. The zero-order valence-electron chi connectivity index (χ0n) is 10.3. The Labute approximate surface area is 102 Å². The Bertz CT molecular complexity index is 549. The molecule has 86 valence electrons. The largest absolute Gasteiger partial charge is 0.492 e. The maximum absolute atomic E-state index is 5.79. The molecule has 17 heavy (non-hydrogen) atoms. The Balaban J connectivity index is 2.26. The maximum Gasteiger partial charge on any atom is 0.130 e. The number of benzene rings is 2. The first-order chi connectivity index (χ1) is 8.27. The molecule has 1 heterocycles. The molecule has 1 nitrogen and oxygen atoms in total. The Morgan fingerprint density at radius 2 is 1.65 bits per heavy atom. The molecule has 0 unspecified atom stereocenters. The maximum atomic E-state index is 5.79. The topological polar surface area (TPSA) is 9.23 Å². The van der Waals surface area contributed by atoms with Crippen molar-refractivity contribution >= 4 is 0 Å². The van der Waals surface area contributed by atoms with E-state index in [2.05, 4.69) is 50.2 Å². The molecular formula is C16H16O. The summed E-state index contributed by atoms with van der Waals surface area (Å²) in [6.07, 6.45) is 1.04. The SMILES string of the molecule is Cc1cccc(C)c1-c1cccc2c1OCC2. The van der Waals surface area contributed by atoms with E-state index < -0.39 is 0 Å². The average Bonchev–Trinajstić information content (AvgIpc) is 2.77. The molecule has 0 spiro atoms. The van der Waals surface area contributed by atoms with Crippen LogP contribution in [0, 0.1) is 13.8 Å². The van der Waals surface area contributed by atoms with Crippen molar-refractivity contribution in [1.82, 2.24) is 0 Å². The lowest BCUT2D eigenvalue weighted by Gasteiger charge is -2.13. The molecule has 1 aliphatic rings. The number of para-hydroxylation sites is 1. The fraction of sp³-hybridized carbons (Fsp3) is 0.250. The van der Waals surface area contributed by atoms with E-state index in [4.69, 9.17) is 4.74 Å². The van der Waals surface area contributed by atoms with Crippen LogP contribution in [0.15, 0.2) is 36.4 Å². The smallest absolute Gasteiger partial charge is 0.130 e. The van der Waals surface area contributed by atoms with E-state index in [1.165, 1.54) is 27.8 Å². The molecule has 2 aromatic rings. The molecule has 3 rings (SSSR count). The molecule has 0 fully saturated rings. The number of aryl methyl sites for hydroxylation is 2. The molecule has 0 saturated carbocycles. The van der Waals surface area contributed by atoms with Crippen molar-refractivity contribution in [3.8, 4) is 16.9 Å². The molecule has 0 amide bonds. The van der Waals surface area contributed by atoms with Gasteiger partial charge in [0.25, 0.3) is 0 Å². The first-order valence-corrected chi connectivity index (χ1v) is 6.08. The summed E-state index contributed by atoms with van der Waals surface area (Å²) in [7, 11) is 0. The van der Waals surface area contributed by atoms with Gasteiger partial charge in [0.2, 0.25) is 0 Å². The van der Waals surface area contributed by atoms with Gasteiger partial charge in [-0.1, -0.05) is 36.4 Å². The average molecular weight is 224 g/mol. The van der Waals surface area contributed by atoms with Gasteiger partial charge < -0.3 is 4.74 Å². The zero-order chi connectivity index (χ0) is 11.8. The van der Waals surface area contributed by atoms with Crippen LogP contribution in [0.25, 0.3) is 11.1 Å². The standard InChI is InChI=1S/C16H16O/c1-11-5-3-6-12(2)15(11)14-8-4-7-13-9-10-17-16(13)14/h3-8H,9-10H2,1-2H3. The molecule has 0 N–H and O–H groups in total. The minimum absolute atomic E-state index is 0.817. The highest BCUT2D eigenvalue weighted by atomic mass is 16.5. The second kappa shape index (κ2) is 3.92. The van der Waals surface area contributed by atoms with Crippen LogP contribution in [0.1, 0.15) is 16.7 Å². The number of ether oxygens (including phenoxy) is 1. The molecule has 0 bridgehead atoms. The van der Waals surface area contributed by atoms with E-state index in [9.17, 15) is 0 Å². The molecule has 0 radical (unpaired) electrons. The zero-order valence-corrected chi connectivity index (χ0v) is 10.3. The summed E-state index contributed by atoms with van der Waals surface area (Å²) in [4.78, 5) is 0. The van der Waals surface area contributed by atoms with E-state index in [0.717, 1.165) is 18.8 Å². The van der Waals surface area contributed by atoms with Crippen molar-refractivity contribution in [3.05, 3.63) is 53.1 Å². The molecule has 1 heteroatoms. The fourth-order valence-electron chi connectivity index (χ4n) is 2.65. The number of fused-ring (bicyclic) bond motifs is 1. The quantitative estimate of drug-likeness (QED) is 0.713. The van der Waals surface area contributed by atoms with Gasteiger partial charge in [-0.25, -0.2) is 0 Å². The second-order valence-corrected chi connectivity index (χ2v) is 4.66. The van der Waals surface area contributed by atoms with Gasteiger partial charge in [-0.15, -0.1) is 0 Å². The van der Waals surface area contributed by atoms with Crippen LogP contribution >= 0.6 is 0 Å². The predicted molar refractivity (Wildman–Crippen MR) is 70.6 cm³/mol. The molecule has 0 atom stereocenters. The first-order valence-electron chi connectivity index (χ1n) is 6.08. The van der Waals surface area contributed by atoms with E-state index >= 15 is 0 Å². The Morgan fingerprint density at radius 3 is 2.41 bits per heavy atom. The van der Waals surface area contributed by atoms with Crippen LogP contribution in [0.4, 0.5) is 0 Å². The summed E-state index contributed by atoms with van der Waals surface area (Å²) in [5.74, 6) is 1.09. The Hall–Kier alpha value is -1.76. The van der Waals surface area contributed by atoms with Crippen molar-refractivity contribution < 1.29 is 4.74 Å². The molecular weight excluding hydrogens is 208 g/mol. The lowest BCUT2D eigenvalue weighted by Crippen LogP contribution is -1.92. The van der Waals surface area contributed by atoms with E-state index in [0.29, 0.717) is 0 Å². The summed E-state index contributed by atoms with van der Waals surface area (Å²) in [5, 5.41) is 0. The minimum atomic E-state index is 0.817. The molecule has 0 aliphatic carbocycles. The Kier molecular flexibility index (Phi) is 2.40. The van der Waals surface area contributed by atoms with Gasteiger partial charge in [-0.3, -0.25) is 0 Å². The van der Waals surface area contributed by atoms with Crippen LogP contribution in [0.5, 0.6) is 5.75 Å². The monoisotopic (exact) mass is 224 g/mol. The van der Waals surface area contributed by atoms with E-state index in [1.54, 1.807) is 0 Å². The van der Waals surface area contributed by atoms with Crippen molar-refractivity contribution in [2.24, 2.45) is 0 Å². The van der Waals surface area contributed by atoms with Crippen molar-refractivity contribution in [2.45, 2.75) is 20.3 Å². The van der Waals surface area contributed by atoms with E-state index in [-0.39, 0.29) is 0 Å². The van der Waals surface area contributed by atoms with Gasteiger partial charge in [0.15, 0.2) is 0 Å². The molecule has 0 aromatic heterocycles. The first kappa shape index (κ1) is 10.4. The summed E-state index contributed by atoms with van der Waals surface area (Å²) in [6, 6.07) is 12.9. The summed E-state index contributed by atoms with van der Waals surface area (Å²) >= 11 is 0. The molecule has 2 aromatic carbocycles.